The van der Waals surface area contributed by atoms with E-state index in [-0.39, 0.29) is 0 Å². The van der Waals surface area contributed by atoms with Crippen LogP contribution in [0.25, 0.3) is 0 Å². The first-order chi connectivity index (χ1) is 6.72. The Morgan fingerprint density at radius 2 is 1.93 bits per heavy atom. The molecule has 2 nitrogen and oxygen atoms in total. The van der Waals surface area contributed by atoms with Crippen LogP contribution in [-0.4, -0.2) is 30.6 Å². The number of hydrogen-bond donors (Lipinski definition) is 1. The lowest BCUT2D eigenvalue weighted by Gasteiger charge is -2.24. The van der Waals surface area contributed by atoms with Gasteiger partial charge in [-0.3, -0.25) is 4.90 Å². The van der Waals surface area contributed by atoms with Gasteiger partial charge >= 0.3 is 0 Å². The summed E-state index contributed by atoms with van der Waals surface area (Å²) in [4.78, 5) is 2.49. The van der Waals surface area contributed by atoms with Crippen molar-refractivity contribution >= 4 is 0 Å². The molecule has 2 N–H and O–H groups in total. The standard InChI is InChI=1S/C12H26N2/c1-4-5-7-10-14(12(2)3)11-8-6-9-13/h6,8,12H,4-5,7,9-11,13H2,1-3H3. The van der Waals surface area contributed by atoms with E-state index in [4.69, 9.17) is 5.73 Å². The van der Waals surface area contributed by atoms with Gasteiger partial charge in [-0.05, 0) is 26.8 Å². The van der Waals surface area contributed by atoms with Crippen molar-refractivity contribution in [2.75, 3.05) is 19.6 Å². The number of rotatable bonds is 8. The molecule has 0 aromatic rings. The van der Waals surface area contributed by atoms with Gasteiger partial charge in [0.05, 0.1) is 0 Å². The highest BCUT2D eigenvalue weighted by Gasteiger charge is 2.05. The highest BCUT2D eigenvalue weighted by Crippen LogP contribution is 2.03. The summed E-state index contributed by atoms with van der Waals surface area (Å²) in [7, 11) is 0. The van der Waals surface area contributed by atoms with Crippen LogP contribution >= 0.6 is 0 Å². The van der Waals surface area contributed by atoms with Crippen LogP contribution in [0.3, 0.4) is 0 Å². The molecule has 0 heterocycles. The van der Waals surface area contributed by atoms with Gasteiger partial charge in [0.2, 0.25) is 0 Å². The van der Waals surface area contributed by atoms with E-state index in [9.17, 15) is 0 Å². The van der Waals surface area contributed by atoms with Gasteiger partial charge in [-0.2, -0.15) is 0 Å². The van der Waals surface area contributed by atoms with E-state index in [1.165, 1.54) is 25.8 Å². The summed E-state index contributed by atoms with van der Waals surface area (Å²) in [6, 6.07) is 0.634. The first-order valence-electron chi connectivity index (χ1n) is 5.81. The van der Waals surface area contributed by atoms with Crippen molar-refractivity contribution in [2.24, 2.45) is 5.73 Å². The third-order valence-electron chi connectivity index (χ3n) is 2.42. The highest BCUT2D eigenvalue weighted by molar-refractivity contribution is 4.86. The fraction of sp³-hybridized carbons (Fsp3) is 0.833. The van der Waals surface area contributed by atoms with Crippen molar-refractivity contribution in [1.29, 1.82) is 0 Å². The summed E-state index contributed by atoms with van der Waals surface area (Å²) in [5.41, 5.74) is 5.41. The zero-order chi connectivity index (χ0) is 10.8. The van der Waals surface area contributed by atoms with E-state index in [1.54, 1.807) is 0 Å². The van der Waals surface area contributed by atoms with Gasteiger partial charge in [0.25, 0.3) is 0 Å². The average molecular weight is 198 g/mol. The van der Waals surface area contributed by atoms with E-state index in [1.807, 2.05) is 6.08 Å². The second kappa shape index (κ2) is 9.22. The molecule has 0 radical (unpaired) electrons. The third-order valence-corrected chi connectivity index (χ3v) is 2.42. The van der Waals surface area contributed by atoms with Gasteiger partial charge in [0, 0.05) is 19.1 Å². The number of hydrogen-bond acceptors (Lipinski definition) is 2. The van der Waals surface area contributed by atoms with Crippen molar-refractivity contribution in [2.45, 2.75) is 46.1 Å². The molecule has 14 heavy (non-hydrogen) atoms. The SMILES string of the molecule is CCCCCN(CC=CCN)C(C)C. The second-order valence-electron chi connectivity index (χ2n) is 4.00. The second-order valence-corrected chi connectivity index (χ2v) is 4.00. The normalized spacial score (nSPS) is 12.1. The molecule has 0 aliphatic carbocycles. The molecule has 0 saturated heterocycles. The van der Waals surface area contributed by atoms with Crippen LogP contribution in [-0.2, 0) is 0 Å². The van der Waals surface area contributed by atoms with Gasteiger partial charge in [-0.15, -0.1) is 0 Å². The molecule has 0 aliphatic rings. The first kappa shape index (κ1) is 13.7. The molecule has 0 atom stereocenters. The first-order valence-corrected chi connectivity index (χ1v) is 5.81. The maximum Gasteiger partial charge on any atom is 0.0166 e. The Kier molecular flexibility index (Phi) is 9.00. The van der Waals surface area contributed by atoms with E-state index >= 15 is 0 Å². The average Bonchev–Trinajstić information content (AvgIpc) is 2.15. The summed E-state index contributed by atoms with van der Waals surface area (Å²) < 4.78 is 0. The minimum absolute atomic E-state index is 0.634. The van der Waals surface area contributed by atoms with Gasteiger partial charge in [0.15, 0.2) is 0 Å². The number of nitrogens with zero attached hydrogens (tertiary/aromatic N) is 1. The third kappa shape index (κ3) is 7.10. The zero-order valence-corrected chi connectivity index (χ0v) is 10.00. The van der Waals surface area contributed by atoms with Crippen LogP contribution in [0.2, 0.25) is 0 Å². The van der Waals surface area contributed by atoms with Gasteiger partial charge in [0.1, 0.15) is 0 Å². The lowest BCUT2D eigenvalue weighted by molar-refractivity contribution is 0.240. The Labute approximate surface area is 89.2 Å². The predicted molar refractivity (Wildman–Crippen MR) is 64.4 cm³/mol. The Morgan fingerprint density at radius 3 is 2.43 bits per heavy atom. The lowest BCUT2D eigenvalue weighted by Crippen LogP contribution is -2.32. The van der Waals surface area contributed by atoms with Gasteiger partial charge in [-0.25, -0.2) is 0 Å². The summed E-state index contributed by atoms with van der Waals surface area (Å²) in [6.45, 7) is 9.65. The van der Waals surface area contributed by atoms with Gasteiger partial charge < -0.3 is 5.73 Å². The molecule has 0 unspecified atom stereocenters. The van der Waals surface area contributed by atoms with Crippen molar-refractivity contribution in [3.8, 4) is 0 Å². The summed E-state index contributed by atoms with van der Waals surface area (Å²) in [6.07, 6.45) is 8.15. The fourth-order valence-electron chi connectivity index (χ4n) is 1.43. The molecule has 84 valence electrons. The molecule has 0 amide bonds. The minimum atomic E-state index is 0.634. The van der Waals surface area contributed by atoms with Crippen molar-refractivity contribution in [1.82, 2.24) is 4.90 Å². The predicted octanol–water partition coefficient (Wildman–Crippen LogP) is 2.40. The summed E-state index contributed by atoms with van der Waals surface area (Å²) in [5, 5.41) is 0. The molecular formula is C12H26N2. The zero-order valence-electron chi connectivity index (χ0n) is 10.00. The van der Waals surface area contributed by atoms with E-state index < -0.39 is 0 Å². The Bertz CT molecular complexity index is 141. The van der Waals surface area contributed by atoms with Crippen molar-refractivity contribution in [3.05, 3.63) is 12.2 Å². The quantitative estimate of drug-likeness (QED) is 0.479. The van der Waals surface area contributed by atoms with Crippen LogP contribution in [0.15, 0.2) is 12.2 Å². The Balaban J connectivity index is 3.72. The minimum Gasteiger partial charge on any atom is -0.327 e. The van der Waals surface area contributed by atoms with Gasteiger partial charge in [-0.1, -0.05) is 31.9 Å². The van der Waals surface area contributed by atoms with Crippen LogP contribution in [0, 0.1) is 0 Å². The molecule has 0 fully saturated rings. The molecular weight excluding hydrogens is 172 g/mol. The lowest BCUT2D eigenvalue weighted by atomic mass is 10.2. The topological polar surface area (TPSA) is 29.3 Å². The van der Waals surface area contributed by atoms with E-state index in [2.05, 4.69) is 31.7 Å². The molecule has 0 aromatic carbocycles. The van der Waals surface area contributed by atoms with Crippen LogP contribution in [0.4, 0.5) is 0 Å². The van der Waals surface area contributed by atoms with Crippen LogP contribution < -0.4 is 5.73 Å². The number of unbranched alkanes of at least 4 members (excludes halogenated alkanes) is 2. The van der Waals surface area contributed by atoms with E-state index in [0.29, 0.717) is 12.6 Å². The summed E-state index contributed by atoms with van der Waals surface area (Å²) >= 11 is 0. The largest absolute Gasteiger partial charge is 0.327 e. The number of nitrogens with two attached hydrogens (primary N) is 1. The highest BCUT2D eigenvalue weighted by atomic mass is 15.1. The molecule has 0 spiro atoms. The molecule has 2 heteroatoms. The molecule has 0 aliphatic heterocycles. The maximum atomic E-state index is 5.41. The van der Waals surface area contributed by atoms with E-state index in [0.717, 1.165) is 6.54 Å². The molecule has 0 rings (SSSR count). The van der Waals surface area contributed by atoms with Crippen molar-refractivity contribution in [3.63, 3.8) is 0 Å². The monoisotopic (exact) mass is 198 g/mol. The maximum absolute atomic E-state index is 5.41. The molecule has 0 saturated carbocycles. The smallest absolute Gasteiger partial charge is 0.0166 e. The molecule has 0 aromatic heterocycles. The fourth-order valence-corrected chi connectivity index (χ4v) is 1.43. The Hall–Kier alpha value is -0.340. The van der Waals surface area contributed by atoms with Crippen LogP contribution in [0.5, 0.6) is 0 Å². The molecule has 0 bridgehead atoms. The van der Waals surface area contributed by atoms with Crippen LogP contribution in [0.1, 0.15) is 40.0 Å². The Morgan fingerprint density at radius 1 is 1.21 bits per heavy atom. The summed E-state index contributed by atoms with van der Waals surface area (Å²) in [5.74, 6) is 0. The van der Waals surface area contributed by atoms with Crippen molar-refractivity contribution < 1.29 is 0 Å².